The van der Waals surface area contributed by atoms with E-state index in [0.29, 0.717) is 17.7 Å². The van der Waals surface area contributed by atoms with Gasteiger partial charge in [0.2, 0.25) is 0 Å². The first-order valence-electron chi connectivity index (χ1n) is 7.12. The summed E-state index contributed by atoms with van der Waals surface area (Å²) in [5, 5.41) is 0. The number of carbonyl (C=O) groups is 1. The molecule has 1 fully saturated rings. The molecule has 0 radical (unpaired) electrons. The van der Waals surface area contributed by atoms with Crippen LogP contribution in [0, 0.1) is 5.92 Å². The van der Waals surface area contributed by atoms with Crippen LogP contribution in [0.2, 0.25) is 0 Å². The Hall–Kier alpha value is -1.46. The van der Waals surface area contributed by atoms with E-state index in [1.807, 2.05) is 12.1 Å². The van der Waals surface area contributed by atoms with Gasteiger partial charge in [0.25, 0.3) is 0 Å². The largest absolute Gasteiger partial charge is 0.464 e. The number of ether oxygens (including phenoxy) is 1. The van der Waals surface area contributed by atoms with Gasteiger partial charge in [-0.2, -0.15) is 0 Å². The Morgan fingerprint density at radius 3 is 3.00 bits per heavy atom. The lowest BCUT2D eigenvalue weighted by molar-refractivity contribution is 0.0593. The van der Waals surface area contributed by atoms with Crippen molar-refractivity contribution in [3.05, 3.63) is 29.6 Å². The van der Waals surface area contributed by atoms with Gasteiger partial charge in [-0.15, -0.1) is 0 Å². The molecule has 2 N–H and O–H groups in total. The number of nitrogens with zero attached hydrogens (tertiary/aromatic N) is 2. The Bertz CT molecular complexity index is 464. The summed E-state index contributed by atoms with van der Waals surface area (Å²) in [4.78, 5) is 18.3. The molecule has 0 aliphatic carbocycles. The Morgan fingerprint density at radius 1 is 1.50 bits per heavy atom. The van der Waals surface area contributed by atoms with E-state index in [0.717, 1.165) is 25.3 Å². The minimum absolute atomic E-state index is 0.366. The lowest BCUT2D eigenvalue weighted by Gasteiger charge is -2.37. The maximum Gasteiger partial charge on any atom is 0.356 e. The van der Waals surface area contributed by atoms with E-state index in [2.05, 4.69) is 16.8 Å². The number of aromatic nitrogens is 1. The molecule has 20 heavy (non-hydrogen) atoms. The van der Waals surface area contributed by atoms with Crippen LogP contribution in [-0.4, -0.2) is 42.1 Å². The Labute approximate surface area is 120 Å². The van der Waals surface area contributed by atoms with Crippen molar-refractivity contribution in [2.75, 3.05) is 20.2 Å². The highest BCUT2D eigenvalue weighted by molar-refractivity contribution is 5.87. The number of hydrogen-bond donors (Lipinski definition) is 1. The smallest absolute Gasteiger partial charge is 0.356 e. The molecule has 1 aromatic heterocycles. The molecule has 2 rings (SSSR count). The highest BCUT2D eigenvalue weighted by Crippen LogP contribution is 2.22. The molecule has 5 nitrogen and oxygen atoms in total. The number of esters is 1. The van der Waals surface area contributed by atoms with Gasteiger partial charge < -0.3 is 10.5 Å². The fourth-order valence-electron chi connectivity index (χ4n) is 2.67. The van der Waals surface area contributed by atoms with Gasteiger partial charge in [-0.25, -0.2) is 9.78 Å². The van der Waals surface area contributed by atoms with Crippen molar-refractivity contribution in [2.45, 2.75) is 32.4 Å². The Kier molecular flexibility index (Phi) is 5.09. The first-order valence-corrected chi connectivity index (χ1v) is 7.12. The van der Waals surface area contributed by atoms with Crippen LogP contribution in [0.3, 0.4) is 0 Å². The van der Waals surface area contributed by atoms with Crippen LogP contribution in [0.5, 0.6) is 0 Å². The molecule has 1 saturated heterocycles. The number of hydrogen-bond acceptors (Lipinski definition) is 5. The third-order valence-corrected chi connectivity index (χ3v) is 4.01. The highest BCUT2D eigenvalue weighted by atomic mass is 16.5. The molecular formula is C15H23N3O2. The minimum atomic E-state index is -0.390. The van der Waals surface area contributed by atoms with E-state index in [4.69, 9.17) is 10.5 Å². The average Bonchev–Trinajstić information content (AvgIpc) is 2.49. The molecular weight excluding hydrogens is 254 g/mol. The van der Waals surface area contributed by atoms with Crippen LogP contribution in [0.4, 0.5) is 0 Å². The van der Waals surface area contributed by atoms with Crippen LogP contribution >= 0.6 is 0 Å². The maximum absolute atomic E-state index is 11.5. The van der Waals surface area contributed by atoms with Crippen molar-refractivity contribution < 1.29 is 9.53 Å². The number of methoxy groups -OCH3 is 1. The van der Waals surface area contributed by atoms with Gasteiger partial charge >= 0.3 is 5.97 Å². The van der Waals surface area contributed by atoms with E-state index in [-0.39, 0.29) is 0 Å². The van der Waals surface area contributed by atoms with Gasteiger partial charge in [0.1, 0.15) is 5.69 Å². The third kappa shape index (κ3) is 3.55. The summed E-state index contributed by atoms with van der Waals surface area (Å²) in [5.74, 6) is 0.174. The second-order valence-corrected chi connectivity index (χ2v) is 5.46. The second-order valence-electron chi connectivity index (χ2n) is 5.46. The zero-order valence-electron chi connectivity index (χ0n) is 12.2. The molecule has 0 saturated carbocycles. The predicted molar refractivity (Wildman–Crippen MR) is 77.2 cm³/mol. The number of piperidine rings is 1. The molecule has 2 heterocycles. The summed E-state index contributed by atoms with van der Waals surface area (Å²) in [7, 11) is 1.37. The lowest BCUT2D eigenvalue weighted by Crippen LogP contribution is -2.43. The van der Waals surface area contributed by atoms with Crippen LogP contribution in [0.15, 0.2) is 18.2 Å². The molecule has 110 valence electrons. The van der Waals surface area contributed by atoms with E-state index in [1.54, 1.807) is 6.07 Å². The number of nitrogens with two attached hydrogens (primary N) is 1. The van der Waals surface area contributed by atoms with Crippen molar-refractivity contribution in [3.8, 4) is 0 Å². The van der Waals surface area contributed by atoms with Crippen LogP contribution < -0.4 is 5.73 Å². The molecule has 5 heteroatoms. The molecule has 2 unspecified atom stereocenters. The van der Waals surface area contributed by atoms with E-state index < -0.39 is 5.97 Å². The third-order valence-electron chi connectivity index (χ3n) is 4.01. The molecule has 0 aromatic carbocycles. The van der Waals surface area contributed by atoms with Gasteiger partial charge in [0.05, 0.1) is 12.8 Å². The van der Waals surface area contributed by atoms with Crippen molar-refractivity contribution in [2.24, 2.45) is 11.7 Å². The molecule has 2 atom stereocenters. The summed E-state index contributed by atoms with van der Waals surface area (Å²) in [5.41, 5.74) is 7.05. The second kappa shape index (κ2) is 6.81. The Morgan fingerprint density at radius 2 is 2.30 bits per heavy atom. The predicted octanol–water partition coefficient (Wildman–Crippen LogP) is 1.43. The number of pyridine rings is 1. The molecule has 0 amide bonds. The first kappa shape index (κ1) is 14.9. The zero-order valence-corrected chi connectivity index (χ0v) is 12.2. The SMILES string of the molecule is COC(=O)c1cccc(CN2CC(CN)CCC2C)n1. The fraction of sp³-hybridized carbons (Fsp3) is 0.600. The van der Waals surface area contributed by atoms with E-state index >= 15 is 0 Å². The Balaban J connectivity index is 2.06. The first-order chi connectivity index (χ1) is 9.63. The maximum atomic E-state index is 11.5. The van der Waals surface area contributed by atoms with Gasteiger partial charge in [-0.05, 0) is 44.4 Å². The number of rotatable bonds is 4. The van der Waals surface area contributed by atoms with Crippen molar-refractivity contribution in [3.63, 3.8) is 0 Å². The van der Waals surface area contributed by atoms with Gasteiger partial charge in [0.15, 0.2) is 0 Å². The fourth-order valence-corrected chi connectivity index (χ4v) is 2.67. The molecule has 1 aliphatic rings. The van der Waals surface area contributed by atoms with Crippen LogP contribution in [0.1, 0.15) is 35.9 Å². The molecule has 0 bridgehead atoms. The van der Waals surface area contributed by atoms with Crippen molar-refractivity contribution in [1.82, 2.24) is 9.88 Å². The normalized spacial score (nSPS) is 23.6. The average molecular weight is 277 g/mol. The summed E-state index contributed by atoms with van der Waals surface area (Å²) in [6, 6.07) is 6.01. The van der Waals surface area contributed by atoms with E-state index in [9.17, 15) is 4.79 Å². The van der Waals surface area contributed by atoms with Crippen LogP contribution in [0.25, 0.3) is 0 Å². The summed E-state index contributed by atoms with van der Waals surface area (Å²) >= 11 is 0. The van der Waals surface area contributed by atoms with Crippen LogP contribution in [-0.2, 0) is 11.3 Å². The standard InChI is InChI=1S/C15H23N3O2/c1-11-6-7-12(8-16)9-18(11)10-13-4-3-5-14(17-13)15(19)20-2/h3-5,11-12H,6-10,16H2,1-2H3. The lowest BCUT2D eigenvalue weighted by atomic mass is 9.93. The summed E-state index contributed by atoms with van der Waals surface area (Å²) in [6.07, 6.45) is 2.36. The quantitative estimate of drug-likeness (QED) is 0.843. The molecule has 0 spiro atoms. The monoisotopic (exact) mass is 277 g/mol. The van der Waals surface area contributed by atoms with Gasteiger partial charge in [0, 0.05) is 19.1 Å². The van der Waals surface area contributed by atoms with E-state index in [1.165, 1.54) is 20.0 Å². The molecule has 1 aromatic rings. The molecule has 1 aliphatic heterocycles. The van der Waals surface area contributed by atoms with Gasteiger partial charge in [-0.1, -0.05) is 6.07 Å². The summed E-state index contributed by atoms with van der Waals surface area (Å²) in [6.45, 7) is 4.72. The van der Waals surface area contributed by atoms with Crippen molar-refractivity contribution >= 4 is 5.97 Å². The zero-order chi connectivity index (χ0) is 14.5. The number of carbonyl (C=O) groups excluding carboxylic acids is 1. The topological polar surface area (TPSA) is 68.5 Å². The van der Waals surface area contributed by atoms with Crippen molar-refractivity contribution in [1.29, 1.82) is 0 Å². The summed E-state index contributed by atoms with van der Waals surface area (Å²) < 4.78 is 4.71. The highest BCUT2D eigenvalue weighted by Gasteiger charge is 2.25. The number of likely N-dealkylation sites (tertiary alicyclic amines) is 1. The minimum Gasteiger partial charge on any atom is -0.464 e. The van der Waals surface area contributed by atoms with Gasteiger partial charge in [-0.3, -0.25) is 4.90 Å².